The number of carbonyl (C=O) groups is 2. The fraction of sp³-hybridized carbons (Fsp3) is 0.750. The summed E-state index contributed by atoms with van der Waals surface area (Å²) in [4.78, 5) is 21.8. The van der Waals surface area contributed by atoms with E-state index in [1.54, 1.807) is 13.2 Å². The van der Waals surface area contributed by atoms with E-state index in [0.717, 1.165) is 0 Å². The van der Waals surface area contributed by atoms with Gasteiger partial charge in [0.05, 0.1) is 5.92 Å². The first-order valence-corrected chi connectivity index (χ1v) is 6.08. The number of aliphatic carboxylic acids is 1. The summed E-state index contributed by atoms with van der Waals surface area (Å²) < 4.78 is 4.80. The van der Waals surface area contributed by atoms with Crippen LogP contribution in [0.25, 0.3) is 0 Å². The molecular formula is C8H16CaO4S2. The summed E-state index contributed by atoms with van der Waals surface area (Å²) in [5.74, 6) is -1.38. The standard InChI is InChI=1S/C8H14O4S2.Ca.2H/c1-5(3-13)8(11)12-6(4-14-2)7(9)10;;;/h5-6,13H,3-4H2,1-2H3,(H,9,10);;;/t5-,6?;;;/m0.../s1. The Morgan fingerprint density at radius 3 is 2.40 bits per heavy atom. The molecule has 0 bridgehead atoms. The number of carbonyl (C=O) groups excluding carboxylic acids is 1. The van der Waals surface area contributed by atoms with Gasteiger partial charge >= 0.3 is 49.7 Å². The number of esters is 1. The van der Waals surface area contributed by atoms with E-state index in [9.17, 15) is 9.59 Å². The predicted octanol–water partition coefficient (Wildman–Crippen LogP) is -0.00450. The maximum atomic E-state index is 11.2. The van der Waals surface area contributed by atoms with E-state index in [2.05, 4.69) is 12.6 Å². The number of hydrogen-bond donors (Lipinski definition) is 2. The summed E-state index contributed by atoms with van der Waals surface area (Å²) in [7, 11) is 0. The third-order valence-electron chi connectivity index (χ3n) is 1.53. The van der Waals surface area contributed by atoms with Gasteiger partial charge in [-0.25, -0.2) is 4.79 Å². The number of ether oxygens (including phenoxy) is 1. The van der Waals surface area contributed by atoms with Gasteiger partial charge in [0.2, 0.25) is 6.10 Å². The van der Waals surface area contributed by atoms with Crippen molar-refractivity contribution in [1.82, 2.24) is 0 Å². The van der Waals surface area contributed by atoms with E-state index in [-0.39, 0.29) is 49.4 Å². The molecule has 0 spiro atoms. The van der Waals surface area contributed by atoms with Gasteiger partial charge in [0, 0.05) is 11.5 Å². The molecule has 0 saturated carbocycles. The van der Waals surface area contributed by atoms with Crippen molar-refractivity contribution in [2.75, 3.05) is 17.8 Å². The van der Waals surface area contributed by atoms with Crippen LogP contribution in [0.2, 0.25) is 0 Å². The Morgan fingerprint density at radius 2 is 2.07 bits per heavy atom. The van der Waals surface area contributed by atoms with Crippen LogP contribution in [0.15, 0.2) is 0 Å². The molecule has 1 N–H and O–H groups in total. The fourth-order valence-corrected chi connectivity index (χ4v) is 1.30. The first-order valence-electron chi connectivity index (χ1n) is 4.06. The molecule has 0 rings (SSSR count). The van der Waals surface area contributed by atoms with Crippen molar-refractivity contribution in [2.45, 2.75) is 13.0 Å². The number of carboxylic acids is 1. The van der Waals surface area contributed by atoms with Crippen LogP contribution in [-0.2, 0) is 14.3 Å². The molecule has 86 valence electrons. The number of rotatable bonds is 6. The van der Waals surface area contributed by atoms with Crippen LogP contribution in [0.4, 0.5) is 0 Å². The van der Waals surface area contributed by atoms with E-state index in [0.29, 0.717) is 5.75 Å². The minimum absolute atomic E-state index is 0. The van der Waals surface area contributed by atoms with Gasteiger partial charge in [-0.1, -0.05) is 6.92 Å². The van der Waals surface area contributed by atoms with Crippen LogP contribution in [0.1, 0.15) is 6.92 Å². The number of carboxylic acid groups (broad SMARTS) is 1. The molecule has 0 aliphatic carbocycles. The quantitative estimate of drug-likeness (QED) is 0.407. The Bertz CT molecular complexity index is 213. The molecule has 0 radical (unpaired) electrons. The van der Waals surface area contributed by atoms with Crippen LogP contribution in [0.3, 0.4) is 0 Å². The molecule has 0 aliphatic heterocycles. The molecule has 15 heavy (non-hydrogen) atoms. The Kier molecular flexibility index (Phi) is 12.3. The molecule has 0 aliphatic rings. The molecule has 0 amide bonds. The predicted molar refractivity (Wildman–Crippen MR) is 67.5 cm³/mol. The summed E-state index contributed by atoms with van der Waals surface area (Å²) in [6.07, 6.45) is 0.700. The second-order valence-electron chi connectivity index (χ2n) is 2.80. The zero-order valence-corrected chi connectivity index (χ0v) is 9.81. The van der Waals surface area contributed by atoms with Crippen molar-refractivity contribution in [2.24, 2.45) is 5.92 Å². The summed E-state index contributed by atoms with van der Waals surface area (Å²) in [5.41, 5.74) is 0. The van der Waals surface area contributed by atoms with Crippen LogP contribution in [0.5, 0.6) is 0 Å². The molecule has 0 fully saturated rings. The molecule has 2 atom stereocenters. The van der Waals surface area contributed by atoms with Crippen molar-refractivity contribution in [1.29, 1.82) is 0 Å². The monoisotopic (exact) mass is 280 g/mol. The van der Waals surface area contributed by atoms with Gasteiger partial charge in [-0.2, -0.15) is 24.4 Å². The topological polar surface area (TPSA) is 63.6 Å². The third kappa shape index (κ3) is 7.74. The zero-order valence-electron chi connectivity index (χ0n) is 8.10. The minimum atomic E-state index is -1.11. The molecule has 0 aromatic rings. The van der Waals surface area contributed by atoms with E-state index < -0.39 is 18.0 Å². The van der Waals surface area contributed by atoms with Gasteiger partial charge in [0.15, 0.2) is 0 Å². The van der Waals surface area contributed by atoms with Gasteiger partial charge in [-0.05, 0) is 6.26 Å². The molecule has 4 nitrogen and oxygen atoms in total. The van der Waals surface area contributed by atoms with Crippen LogP contribution in [0, 0.1) is 5.92 Å². The van der Waals surface area contributed by atoms with E-state index in [1.807, 2.05) is 0 Å². The van der Waals surface area contributed by atoms with E-state index in [4.69, 9.17) is 9.84 Å². The molecular weight excluding hydrogens is 264 g/mol. The maximum absolute atomic E-state index is 11.2. The van der Waals surface area contributed by atoms with Crippen molar-refractivity contribution < 1.29 is 19.4 Å². The summed E-state index contributed by atoms with van der Waals surface area (Å²) in [6, 6.07) is 0. The number of thiol groups is 1. The molecule has 0 aromatic carbocycles. The van der Waals surface area contributed by atoms with Gasteiger partial charge in [-0.15, -0.1) is 0 Å². The molecule has 0 aromatic heterocycles. The van der Waals surface area contributed by atoms with Gasteiger partial charge in [0.1, 0.15) is 0 Å². The van der Waals surface area contributed by atoms with Crippen molar-refractivity contribution in [3.05, 3.63) is 0 Å². The van der Waals surface area contributed by atoms with E-state index in [1.165, 1.54) is 11.8 Å². The first kappa shape index (κ1) is 18.3. The second kappa shape index (κ2) is 10.1. The Balaban J connectivity index is 0. The molecule has 7 heteroatoms. The summed E-state index contributed by atoms with van der Waals surface area (Å²) in [5, 5.41) is 8.70. The molecule has 0 saturated heterocycles. The third-order valence-corrected chi connectivity index (χ3v) is 2.71. The van der Waals surface area contributed by atoms with Crippen molar-refractivity contribution in [3.63, 3.8) is 0 Å². The van der Waals surface area contributed by atoms with Crippen molar-refractivity contribution >= 4 is 74.1 Å². The van der Waals surface area contributed by atoms with Crippen LogP contribution < -0.4 is 0 Å². The number of thioether (sulfide) groups is 1. The average molecular weight is 280 g/mol. The molecule has 0 heterocycles. The van der Waals surface area contributed by atoms with Gasteiger partial charge in [0.25, 0.3) is 0 Å². The van der Waals surface area contributed by atoms with Gasteiger partial charge < -0.3 is 9.84 Å². The Morgan fingerprint density at radius 1 is 1.53 bits per heavy atom. The molecule has 1 unspecified atom stereocenters. The second-order valence-corrected chi connectivity index (χ2v) is 4.08. The Hall–Kier alpha value is 0.900. The Labute approximate surface area is 129 Å². The van der Waals surface area contributed by atoms with E-state index >= 15 is 0 Å². The average Bonchev–Trinajstić information content (AvgIpc) is 2.15. The first-order chi connectivity index (χ1) is 6.52. The van der Waals surface area contributed by atoms with Gasteiger partial charge in [-0.3, -0.25) is 4.79 Å². The normalized spacial score (nSPS) is 13.5. The van der Waals surface area contributed by atoms with Crippen LogP contribution >= 0.6 is 24.4 Å². The SMILES string of the molecule is CSCC(OC(=O)[C@@H](C)CS)C(=O)O.[CaH2]. The fourth-order valence-electron chi connectivity index (χ4n) is 0.638. The summed E-state index contributed by atoms with van der Waals surface area (Å²) >= 11 is 5.25. The van der Waals surface area contributed by atoms with Crippen molar-refractivity contribution in [3.8, 4) is 0 Å². The number of hydrogen-bond acceptors (Lipinski definition) is 5. The van der Waals surface area contributed by atoms with Crippen LogP contribution in [-0.4, -0.2) is 78.6 Å². The zero-order chi connectivity index (χ0) is 11.1. The summed E-state index contributed by atoms with van der Waals surface area (Å²) in [6.45, 7) is 1.65.